The molecule has 0 radical (unpaired) electrons. The van der Waals surface area contributed by atoms with Crippen LogP contribution in [0.2, 0.25) is 0 Å². The Balaban J connectivity index is 1.63. The van der Waals surface area contributed by atoms with Crippen molar-refractivity contribution in [3.8, 4) is 0 Å². The molecule has 1 aromatic heterocycles. The summed E-state index contributed by atoms with van der Waals surface area (Å²) in [4.78, 5) is 11.8. The number of hydrogen-bond acceptors (Lipinski definition) is 5. The van der Waals surface area contributed by atoms with E-state index in [0.29, 0.717) is 30.1 Å². The van der Waals surface area contributed by atoms with Gasteiger partial charge in [0.05, 0.1) is 6.10 Å². The van der Waals surface area contributed by atoms with E-state index < -0.39 is 10.0 Å². The van der Waals surface area contributed by atoms with Crippen molar-refractivity contribution in [3.05, 3.63) is 17.5 Å². The normalized spacial score (nSPS) is 18.4. The molecule has 0 aliphatic carbocycles. The third kappa shape index (κ3) is 5.56. The summed E-state index contributed by atoms with van der Waals surface area (Å²) >= 11 is 1.20. The van der Waals surface area contributed by atoms with Crippen LogP contribution in [0, 0.1) is 0 Å². The Morgan fingerprint density at radius 2 is 2.35 bits per heavy atom. The fourth-order valence-corrected chi connectivity index (χ4v) is 4.89. The lowest BCUT2D eigenvalue weighted by Crippen LogP contribution is -2.30. The second-order valence-corrected chi connectivity index (χ2v) is 8.86. The monoisotopic (exact) mass is 360 g/mol. The maximum absolute atomic E-state index is 12.2. The molecule has 130 valence electrons. The van der Waals surface area contributed by atoms with Crippen LogP contribution in [0.3, 0.4) is 0 Å². The van der Waals surface area contributed by atoms with Crippen LogP contribution in [-0.4, -0.2) is 51.5 Å². The van der Waals surface area contributed by atoms with Crippen LogP contribution in [0.4, 0.5) is 0 Å². The van der Waals surface area contributed by atoms with E-state index in [4.69, 9.17) is 4.74 Å². The molecule has 1 aliphatic rings. The van der Waals surface area contributed by atoms with Crippen molar-refractivity contribution >= 4 is 27.3 Å². The second kappa shape index (κ2) is 8.77. The predicted octanol–water partition coefficient (Wildman–Crippen LogP) is 1.83. The summed E-state index contributed by atoms with van der Waals surface area (Å²) in [6.07, 6.45) is 4.13. The van der Waals surface area contributed by atoms with Gasteiger partial charge >= 0.3 is 0 Å². The minimum absolute atomic E-state index is 0.0371. The van der Waals surface area contributed by atoms with Crippen LogP contribution in [0.25, 0.3) is 0 Å². The van der Waals surface area contributed by atoms with Gasteiger partial charge < -0.3 is 10.1 Å². The van der Waals surface area contributed by atoms with Crippen LogP contribution in [0.5, 0.6) is 0 Å². The number of thiophene rings is 1. The van der Waals surface area contributed by atoms with Gasteiger partial charge in [-0.05, 0) is 37.1 Å². The van der Waals surface area contributed by atoms with E-state index in [2.05, 4.69) is 5.32 Å². The molecular weight excluding hydrogens is 336 g/mol. The van der Waals surface area contributed by atoms with Crippen LogP contribution in [0.15, 0.2) is 21.7 Å². The van der Waals surface area contributed by atoms with Gasteiger partial charge in [-0.25, -0.2) is 12.7 Å². The first-order valence-electron chi connectivity index (χ1n) is 7.88. The van der Waals surface area contributed by atoms with Crippen molar-refractivity contribution in [1.29, 1.82) is 0 Å². The minimum atomic E-state index is -3.42. The highest BCUT2D eigenvalue weighted by molar-refractivity contribution is 7.91. The molecule has 0 aromatic carbocycles. The molecule has 1 N–H and O–H groups in total. The summed E-state index contributed by atoms with van der Waals surface area (Å²) in [6, 6.07) is 3.31. The number of nitrogens with zero attached hydrogens (tertiary/aromatic N) is 1. The fraction of sp³-hybridized carbons (Fsp3) is 0.667. The van der Waals surface area contributed by atoms with Crippen molar-refractivity contribution in [2.75, 3.05) is 26.7 Å². The summed E-state index contributed by atoms with van der Waals surface area (Å²) in [5.74, 6) is -0.0371. The van der Waals surface area contributed by atoms with Crippen molar-refractivity contribution in [3.63, 3.8) is 0 Å². The lowest BCUT2D eigenvalue weighted by molar-refractivity contribution is -0.121. The highest BCUT2D eigenvalue weighted by atomic mass is 32.2. The molecule has 0 spiro atoms. The van der Waals surface area contributed by atoms with E-state index in [-0.39, 0.29) is 12.0 Å². The number of ether oxygens (including phenoxy) is 1. The third-order valence-electron chi connectivity index (χ3n) is 3.85. The Kier molecular flexibility index (Phi) is 7.01. The Morgan fingerprint density at radius 1 is 1.52 bits per heavy atom. The molecule has 23 heavy (non-hydrogen) atoms. The van der Waals surface area contributed by atoms with Gasteiger partial charge in [0.15, 0.2) is 0 Å². The lowest BCUT2D eigenvalue weighted by atomic mass is 10.2. The topological polar surface area (TPSA) is 75.7 Å². The van der Waals surface area contributed by atoms with Gasteiger partial charge in [-0.15, -0.1) is 11.3 Å². The molecule has 1 fully saturated rings. The average molecular weight is 361 g/mol. The molecule has 0 bridgehead atoms. The lowest BCUT2D eigenvalue weighted by Gasteiger charge is -2.15. The van der Waals surface area contributed by atoms with Crippen molar-refractivity contribution in [2.45, 2.75) is 42.4 Å². The first kappa shape index (κ1) is 18.4. The number of nitrogens with one attached hydrogen (secondary N) is 1. The summed E-state index contributed by atoms with van der Waals surface area (Å²) in [5.41, 5.74) is 0. The molecule has 2 rings (SSSR count). The van der Waals surface area contributed by atoms with Gasteiger partial charge in [0.1, 0.15) is 4.21 Å². The SMILES string of the molecule is CN(CCCC(=O)NCCC1CCCO1)S(=O)(=O)c1cccs1. The molecule has 1 aliphatic heterocycles. The molecular formula is C15H24N2O4S2. The molecule has 0 saturated carbocycles. The highest BCUT2D eigenvalue weighted by Gasteiger charge is 2.21. The van der Waals surface area contributed by atoms with Crippen molar-refractivity contribution in [2.24, 2.45) is 0 Å². The fourth-order valence-electron chi connectivity index (χ4n) is 2.48. The molecule has 1 aromatic rings. The van der Waals surface area contributed by atoms with Crippen LogP contribution in [-0.2, 0) is 19.6 Å². The van der Waals surface area contributed by atoms with E-state index in [9.17, 15) is 13.2 Å². The summed E-state index contributed by atoms with van der Waals surface area (Å²) < 4.78 is 31.6. The van der Waals surface area contributed by atoms with Gasteiger partial charge in [0.25, 0.3) is 10.0 Å². The number of sulfonamides is 1. The van der Waals surface area contributed by atoms with Crippen LogP contribution >= 0.6 is 11.3 Å². The van der Waals surface area contributed by atoms with Crippen LogP contribution < -0.4 is 5.32 Å². The van der Waals surface area contributed by atoms with Crippen molar-refractivity contribution < 1.29 is 17.9 Å². The molecule has 8 heteroatoms. The number of amides is 1. The molecule has 1 amide bonds. The average Bonchev–Trinajstić information content (AvgIpc) is 3.20. The highest BCUT2D eigenvalue weighted by Crippen LogP contribution is 2.20. The van der Waals surface area contributed by atoms with Gasteiger partial charge in [-0.1, -0.05) is 6.07 Å². The number of hydrogen-bond donors (Lipinski definition) is 1. The molecule has 1 unspecified atom stereocenters. The van der Waals surface area contributed by atoms with Gasteiger partial charge in [-0.3, -0.25) is 4.79 Å². The molecule has 1 saturated heterocycles. The Morgan fingerprint density at radius 3 is 3.00 bits per heavy atom. The third-order valence-corrected chi connectivity index (χ3v) is 7.08. The van der Waals surface area contributed by atoms with Gasteiger partial charge in [-0.2, -0.15) is 0 Å². The molecule has 2 heterocycles. The number of rotatable bonds is 9. The van der Waals surface area contributed by atoms with E-state index in [1.807, 2.05) is 0 Å². The maximum Gasteiger partial charge on any atom is 0.252 e. The Bertz CT molecular complexity index is 581. The first-order chi connectivity index (χ1) is 11.0. The minimum Gasteiger partial charge on any atom is -0.378 e. The standard InChI is InChI=1S/C15H24N2O4S2/c1-17(23(19,20)15-7-4-12-22-15)10-2-6-14(18)16-9-8-13-5-3-11-21-13/h4,7,12-13H,2-3,5-6,8-11H2,1H3,(H,16,18). The zero-order valence-electron chi connectivity index (χ0n) is 13.4. The second-order valence-electron chi connectivity index (χ2n) is 5.64. The van der Waals surface area contributed by atoms with E-state index >= 15 is 0 Å². The Hall–Kier alpha value is -0.960. The van der Waals surface area contributed by atoms with Gasteiger partial charge in [0.2, 0.25) is 5.91 Å². The van der Waals surface area contributed by atoms with Crippen molar-refractivity contribution in [1.82, 2.24) is 9.62 Å². The largest absolute Gasteiger partial charge is 0.378 e. The Labute approximate surface area is 141 Å². The van der Waals surface area contributed by atoms with E-state index in [0.717, 1.165) is 25.9 Å². The first-order valence-corrected chi connectivity index (χ1v) is 10.2. The quantitative estimate of drug-likeness (QED) is 0.729. The smallest absolute Gasteiger partial charge is 0.252 e. The van der Waals surface area contributed by atoms with E-state index in [1.165, 1.54) is 15.6 Å². The maximum atomic E-state index is 12.2. The van der Waals surface area contributed by atoms with Crippen LogP contribution in [0.1, 0.15) is 32.1 Å². The number of carbonyl (C=O) groups excluding carboxylic acids is 1. The zero-order chi connectivity index (χ0) is 16.7. The summed E-state index contributed by atoms with van der Waals surface area (Å²) in [6.45, 7) is 1.77. The summed E-state index contributed by atoms with van der Waals surface area (Å²) in [5, 5.41) is 4.60. The molecule has 6 nitrogen and oxygen atoms in total. The van der Waals surface area contributed by atoms with E-state index in [1.54, 1.807) is 24.6 Å². The predicted molar refractivity (Wildman–Crippen MR) is 90.0 cm³/mol. The van der Waals surface area contributed by atoms with Gasteiger partial charge in [0, 0.05) is 33.2 Å². The number of carbonyl (C=O) groups is 1. The molecule has 1 atom stereocenters. The summed E-state index contributed by atoms with van der Waals surface area (Å²) in [7, 11) is -1.87. The zero-order valence-corrected chi connectivity index (χ0v) is 15.0.